The Hall–Kier alpha value is -0.450. The van der Waals surface area contributed by atoms with Crippen LogP contribution in [0, 0.1) is 11.3 Å². The van der Waals surface area contributed by atoms with Crippen molar-refractivity contribution in [3.05, 3.63) is 0 Å². The largest absolute Gasteiger partial charge is 0.379 e. The van der Waals surface area contributed by atoms with Crippen LogP contribution in [0.4, 0.5) is 0 Å². The summed E-state index contributed by atoms with van der Waals surface area (Å²) in [4.78, 5) is 16.9. The van der Waals surface area contributed by atoms with E-state index in [4.69, 9.17) is 4.74 Å². The van der Waals surface area contributed by atoms with Crippen LogP contribution in [0.15, 0.2) is 0 Å². The highest BCUT2D eigenvalue weighted by Gasteiger charge is 2.38. The molecule has 21 heavy (non-hydrogen) atoms. The topological polar surface area (TPSA) is 32.8 Å². The van der Waals surface area contributed by atoms with E-state index in [9.17, 15) is 4.79 Å². The van der Waals surface area contributed by atoms with Gasteiger partial charge in [-0.25, -0.2) is 0 Å². The molecule has 0 aromatic heterocycles. The third-order valence-corrected chi connectivity index (χ3v) is 5.72. The molecule has 4 nitrogen and oxygen atoms in total. The third kappa shape index (κ3) is 3.66. The van der Waals surface area contributed by atoms with Crippen LogP contribution in [-0.2, 0) is 9.53 Å². The molecule has 2 saturated heterocycles. The predicted molar refractivity (Wildman–Crippen MR) is 83.4 cm³/mol. The number of morpholine rings is 1. The van der Waals surface area contributed by atoms with Crippen molar-refractivity contribution < 1.29 is 9.53 Å². The standard InChI is InChI=1S/C17H30N2O2/c1-15-3-2-5-17(11-15,14-20)13-18-6-4-16(12-18)19-7-9-21-10-8-19/h14-16H,2-13H2,1H3. The van der Waals surface area contributed by atoms with Gasteiger partial charge in [0.2, 0.25) is 0 Å². The molecule has 0 spiro atoms. The minimum Gasteiger partial charge on any atom is -0.379 e. The molecule has 3 fully saturated rings. The van der Waals surface area contributed by atoms with Crippen molar-refractivity contribution in [1.82, 2.24) is 9.80 Å². The van der Waals surface area contributed by atoms with E-state index >= 15 is 0 Å². The Morgan fingerprint density at radius 3 is 2.76 bits per heavy atom. The Labute approximate surface area is 128 Å². The molecule has 120 valence electrons. The van der Waals surface area contributed by atoms with Gasteiger partial charge in [0.15, 0.2) is 0 Å². The molecular weight excluding hydrogens is 264 g/mol. The second-order valence-corrected chi connectivity index (χ2v) is 7.51. The number of hydrogen-bond donors (Lipinski definition) is 0. The minimum absolute atomic E-state index is 0.0580. The lowest BCUT2D eigenvalue weighted by Gasteiger charge is -2.38. The monoisotopic (exact) mass is 294 g/mol. The molecule has 0 radical (unpaired) electrons. The fraction of sp³-hybridized carbons (Fsp3) is 0.941. The van der Waals surface area contributed by atoms with Gasteiger partial charge in [-0.1, -0.05) is 19.8 Å². The number of likely N-dealkylation sites (tertiary alicyclic amines) is 1. The first-order valence-electron chi connectivity index (χ1n) is 8.71. The Bertz CT molecular complexity index is 357. The molecule has 0 amide bonds. The Morgan fingerprint density at radius 2 is 2.05 bits per heavy atom. The van der Waals surface area contributed by atoms with Gasteiger partial charge < -0.3 is 14.4 Å². The molecule has 0 aromatic rings. The second kappa shape index (κ2) is 6.76. The first-order valence-corrected chi connectivity index (χ1v) is 8.71. The average Bonchev–Trinajstić information content (AvgIpc) is 2.96. The molecular formula is C17H30N2O2. The number of aldehydes is 1. The Kier molecular flexibility index (Phi) is 4.97. The quantitative estimate of drug-likeness (QED) is 0.740. The van der Waals surface area contributed by atoms with Crippen LogP contribution in [0.2, 0.25) is 0 Å². The maximum atomic E-state index is 11.7. The molecule has 0 N–H and O–H groups in total. The second-order valence-electron chi connectivity index (χ2n) is 7.51. The number of hydrogen-bond acceptors (Lipinski definition) is 4. The van der Waals surface area contributed by atoms with Crippen LogP contribution < -0.4 is 0 Å². The Morgan fingerprint density at radius 1 is 1.24 bits per heavy atom. The van der Waals surface area contributed by atoms with Crippen LogP contribution >= 0.6 is 0 Å². The van der Waals surface area contributed by atoms with Crippen molar-refractivity contribution in [2.75, 3.05) is 45.9 Å². The van der Waals surface area contributed by atoms with Crippen molar-refractivity contribution in [2.45, 2.75) is 45.1 Å². The van der Waals surface area contributed by atoms with Gasteiger partial charge in [-0.2, -0.15) is 0 Å². The molecule has 2 heterocycles. The van der Waals surface area contributed by atoms with E-state index in [0.717, 1.165) is 58.8 Å². The van der Waals surface area contributed by atoms with Crippen molar-refractivity contribution in [3.8, 4) is 0 Å². The minimum atomic E-state index is -0.0580. The highest BCUT2D eigenvalue weighted by atomic mass is 16.5. The number of nitrogens with zero attached hydrogens (tertiary/aromatic N) is 2. The third-order valence-electron chi connectivity index (χ3n) is 5.72. The number of carbonyl (C=O) groups excluding carboxylic acids is 1. The smallest absolute Gasteiger partial charge is 0.127 e. The molecule has 1 saturated carbocycles. The van der Waals surface area contributed by atoms with Gasteiger partial charge in [0.25, 0.3) is 0 Å². The highest BCUT2D eigenvalue weighted by molar-refractivity contribution is 5.60. The molecule has 4 heteroatoms. The number of rotatable bonds is 4. The zero-order valence-electron chi connectivity index (χ0n) is 13.4. The van der Waals surface area contributed by atoms with E-state index < -0.39 is 0 Å². The summed E-state index contributed by atoms with van der Waals surface area (Å²) in [7, 11) is 0. The molecule has 0 bridgehead atoms. The van der Waals surface area contributed by atoms with Crippen molar-refractivity contribution >= 4 is 6.29 Å². The van der Waals surface area contributed by atoms with E-state index in [1.54, 1.807) is 0 Å². The van der Waals surface area contributed by atoms with Crippen LogP contribution in [0.25, 0.3) is 0 Å². The van der Waals surface area contributed by atoms with Crippen molar-refractivity contribution in [2.24, 2.45) is 11.3 Å². The van der Waals surface area contributed by atoms with E-state index in [2.05, 4.69) is 16.7 Å². The SMILES string of the molecule is CC1CCCC(C=O)(CN2CCC(N3CCOCC3)C2)C1. The van der Waals surface area contributed by atoms with Crippen LogP contribution in [0.5, 0.6) is 0 Å². The molecule has 3 aliphatic rings. The normalized spacial score (nSPS) is 39.5. The summed E-state index contributed by atoms with van der Waals surface area (Å²) >= 11 is 0. The van der Waals surface area contributed by atoms with Crippen molar-refractivity contribution in [3.63, 3.8) is 0 Å². The fourth-order valence-electron chi connectivity index (χ4n) is 4.63. The lowest BCUT2D eigenvalue weighted by Crippen LogP contribution is -2.46. The van der Waals surface area contributed by atoms with Crippen LogP contribution in [-0.4, -0.2) is 68.1 Å². The molecule has 1 aliphatic carbocycles. The lowest BCUT2D eigenvalue weighted by molar-refractivity contribution is -0.119. The first-order chi connectivity index (χ1) is 10.2. The number of carbonyl (C=O) groups is 1. The first kappa shape index (κ1) is 15.4. The van der Waals surface area contributed by atoms with Gasteiger partial charge >= 0.3 is 0 Å². The van der Waals surface area contributed by atoms with Crippen LogP contribution in [0.3, 0.4) is 0 Å². The summed E-state index contributed by atoms with van der Waals surface area (Å²) in [5.41, 5.74) is -0.0580. The summed E-state index contributed by atoms with van der Waals surface area (Å²) < 4.78 is 5.45. The highest BCUT2D eigenvalue weighted by Crippen LogP contribution is 2.39. The average molecular weight is 294 g/mol. The van der Waals surface area contributed by atoms with Crippen LogP contribution in [0.1, 0.15) is 39.0 Å². The molecule has 3 rings (SSSR count). The van der Waals surface area contributed by atoms with E-state index in [1.807, 2.05) is 0 Å². The van der Waals surface area contributed by atoms with Gasteiger partial charge in [-0.3, -0.25) is 4.90 Å². The summed E-state index contributed by atoms with van der Waals surface area (Å²) in [5, 5.41) is 0. The molecule has 2 aliphatic heterocycles. The Balaban J connectivity index is 1.54. The van der Waals surface area contributed by atoms with E-state index in [-0.39, 0.29) is 5.41 Å². The fourth-order valence-corrected chi connectivity index (χ4v) is 4.63. The molecule has 3 atom stereocenters. The maximum absolute atomic E-state index is 11.7. The summed E-state index contributed by atoms with van der Waals surface area (Å²) in [5.74, 6) is 0.710. The van der Waals surface area contributed by atoms with E-state index in [1.165, 1.54) is 25.5 Å². The van der Waals surface area contributed by atoms with Crippen molar-refractivity contribution in [1.29, 1.82) is 0 Å². The van der Waals surface area contributed by atoms with Gasteiger partial charge in [0.05, 0.1) is 13.2 Å². The van der Waals surface area contributed by atoms with Gasteiger partial charge in [-0.05, 0) is 31.7 Å². The summed E-state index contributed by atoms with van der Waals surface area (Å²) in [6.45, 7) is 9.51. The maximum Gasteiger partial charge on any atom is 0.127 e. The van der Waals surface area contributed by atoms with Gasteiger partial charge in [0, 0.05) is 37.6 Å². The zero-order chi connectivity index (χ0) is 14.7. The van der Waals surface area contributed by atoms with Gasteiger partial charge in [0.1, 0.15) is 6.29 Å². The predicted octanol–water partition coefficient (Wildman–Crippen LogP) is 1.79. The van der Waals surface area contributed by atoms with E-state index in [0.29, 0.717) is 12.0 Å². The zero-order valence-corrected chi connectivity index (χ0v) is 13.4. The number of ether oxygens (including phenoxy) is 1. The summed E-state index contributed by atoms with van der Waals surface area (Å²) in [6, 6.07) is 0.679. The summed E-state index contributed by atoms with van der Waals surface area (Å²) in [6.07, 6.45) is 7.25. The molecule has 3 unspecified atom stereocenters. The lowest BCUT2D eigenvalue weighted by atomic mass is 9.71. The molecule has 0 aromatic carbocycles. The van der Waals surface area contributed by atoms with Gasteiger partial charge in [-0.15, -0.1) is 0 Å².